The van der Waals surface area contributed by atoms with Crippen LogP contribution in [0, 0.1) is 0 Å². The van der Waals surface area contributed by atoms with Gasteiger partial charge in [0.15, 0.2) is 0 Å². The molecule has 3 nitrogen and oxygen atoms in total. The lowest BCUT2D eigenvalue weighted by molar-refractivity contribution is -0.192. The van der Waals surface area contributed by atoms with E-state index in [9.17, 15) is 0 Å². The van der Waals surface area contributed by atoms with Crippen molar-refractivity contribution in [3.05, 3.63) is 0 Å². The van der Waals surface area contributed by atoms with E-state index in [1.807, 2.05) is 0 Å². The SMILES string of the molecule is CCCCCCCCCCC(CCCCCCCCCC)(OC(CCCCCCCCCC)(CCCCCCCCCC)C1CO1)C1CO1. The van der Waals surface area contributed by atoms with Gasteiger partial charge in [0.2, 0.25) is 0 Å². The topological polar surface area (TPSA) is 34.3 Å². The Hall–Kier alpha value is -0.120. The molecule has 0 amide bonds. The average Bonchev–Trinajstić information content (AvgIpc) is 4.03. The van der Waals surface area contributed by atoms with Crippen molar-refractivity contribution < 1.29 is 14.2 Å². The third-order valence-electron chi connectivity index (χ3n) is 12.1. The first-order valence-electron chi connectivity index (χ1n) is 23.1. The summed E-state index contributed by atoms with van der Waals surface area (Å²) in [5.74, 6) is 0. The summed E-state index contributed by atoms with van der Waals surface area (Å²) >= 11 is 0. The van der Waals surface area contributed by atoms with Crippen LogP contribution in [0.4, 0.5) is 0 Å². The summed E-state index contributed by atoms with van der Waals surface area (Å²) in [6, 6.07) is 0. The molecule has 2 rings (SSSR count). The van der Waals surface area contributed by atoms with Gasteiger partial charge in [0.05, 0.1) is 24.4 Å². The predicted octanol–water partition coefficient (Wildman–Crippen LogP) is 15.4. The maximum absolute atomic E-state index is 7.86. The number of hydrogen-bond donors (Lipinski definition) is 0. The van der Waals surface area contributed by atoms with Gasteiger partial charge in [-0.15, -0.1) is 0 Å². The standard InChI is InChI=1S/C46H90O3/c1-5-9-13-17-21-25-29-33-37-45(43-41-47-43,38-34-30-26-22-18-14-10-6-2)49-46(44-42-48-44,39-35-31-27-23-19-15-11-7-3)40-36-32-28-24-20-16-12-8-4/h43-44H,5-42H2,1-4H3. The maximum Gasteiger partial charge on any atom is 0.110 e. The Morgan fingerprint density at radius 3 is 0.694 bits per heavy atom. The van der Waals surface area contributed by atoms with Crippen LogP contribution in [0.5, 0.6) is 0 Å². The van der Waals surface area contributed by atoms with E-state index < -0.39 is 0 Å². The van der Waals surface area contributed by atoms with Gasteiger partial charge >= 0.3 is 0 Å². The minimum atomic E-state index is -0.114. The molecule has 2 unspecified atom stereocenters. The third-order valence-corrected chi connectivity index (χ3v) is 12.1. The molecule has 0 radical (unpaired) electrons. The van der Waals surface area contributed by atoms with E-state index in [-0.39, 0.29) is 11.2 Å². The molecule has 3 heteroatoms. The van der Waals surface area contributed by atoms with Crippen LogP contribution in [0.2, 0.25) is 0 Å². The Kier molecular flexibility index (Phi) is 27.9. The van der Waals surface area contributed by atoms with Gasteiger partial charge in [-0.3, -0.25) is 0 Å². The second-order valence-electron chi connectivity index (χ2n) is 16.8. The Bertz CT molecular complexity index is 600. The number of rotatable bonds is 40. The van der Waals surface area contributed by atoms with Gasteiger partial charge in [0.25, 0.3) is 0 Å². The van der Waals surface area contributed by atoms with Crippen LogP contribution < -0.4 is 0 Å². The largest absolute Gasteiger partial charge is 0.370 e. The van der Waals surface area contributed by atoms with E-state index in [0.717, 1.165) is 13.2 Å². The van der Waals surface area contributed by atoms with Crippen LogP contribution >= 0.6 is 0 Å². The van der Waals surface area contributed by atoms with E-state index in [1.165, 1.54) is 231 Å². The average molecular weight is 691 g/mol. The molecule has 0 aromatic rings. The normalized spacial score (nSPS) is 17.6. The fourth-order valence-electron chi connectivity index (χ4n) is 8.57. The van der Waals surface area contributed by atoms with Crippen LogP contribution in [0.1, 0.15) is 259 Å². The van der Waals surface area contributed by atoms with Crippen molar-refractivity contribution in [3.8, 4) is 0 Å². The summed E-state index contributed by atoms with van der Waals surface area (Å²) in [6.45, 7) is 11.1. The number of ether oxygens (including phenoxy) is 3. The smallest absolute Gasteiger partial charge is 0.110 e. The van der Waals surface area contributed by atoms with Gasteiger partial charge in [0.1, 0.15) is 12.2 Å². The van der Waals surface area contributed by atoms with Crippen molar-refractivity contribution in [1.82, 2.24) is 0 Å². The maximum atomic E-state index is 7.86. The third kappa shape index (κ3) is 21.9. The highest BCUT2D eigenvalue weighted by Gasteiger charge is 2.56. The predicted molar refractivity (Wildman–Crippen MR) is 215 cm³/mol. The van der Waals surface area contributed by atoms with Gasteiger partial charge in [0, 0.05) is 0 Å². The summed E-state index contributed by atoms with van der Waals surface area (Å²) < 4.78 is 20.4. The summed E-state index contributed by atoms with van der Waals surface area (Å²) in [7, 11) is 0. The molecule has 0 aromatic carbocycles. The molecule has 0 aromatic heterocycles. The van der Waals surface area contributed by atoms with Gasteiger partial charge < -0.3 is 14.2 Å². The molecular formula is C46H90O3. The summed E-state index contributed by atoms with van der Waals surface area (Å²) in [5.41, 5.74) is -0.229. The van der Waals surface area contributed by atoms with Gasteiger partial charge in [-0.2, -0.15) is 0 Å². The van der Waals surface area contributed by atoms with Crippen LogP contribution in [0.15, 0.2) is 0 Å². The minimum absolute atomic E-state index is 0.114. The van der Waals surface area contributed by atoms with Crippen molar-refractivity contribution in [3.63, 3.8) is 0 Å². The Labute approximate surface area is 308 Å². The number of epoxide rings is 2. The molecule has 2 saturated heterocycles. The Balaban J connectivity index is 2.08. The highest BCUT2D eigenvalue weighted by Crippen LogP contribution is 2.47. The molecule has 2 fully saturated rings. The zero-order valence-electron chi connectivity index (χ0n) is 34.2. The van der Waals surface area contributed by atoms with Crippen molar-refractivity contribution in [2.45, 2.75) is 282 Å². The molecule has 0 N–H and O–H groups in total. The van der Waals surface area contributed by atoms with Gasteiger partial charge in [-0.05, 0) is 25.7 Å². The number of hydrogen-bond acceptors (Lipinski definition) is 3. The molecule has 0 bridgehead atoms. The monoisotopic (exact) mass is 691 g/mol. The summed E-state index contributed by atoms with van der Waals surface area (Å²) in [4.78, 5) is 0. The molecule has 49 heavy (non-hydrogen) atoms. The highest BCUT2D eigenvalue weighted by molar-refractivity contribution is 5.04. The van der Waals surface area contributed by atoms with Crippen molar-refractivity contribution in [1.29, 1.82) is 0 Å². The van der Waals surface area contributed by atoms with Crippen LogP contribution in [-0.2, 0) is 14.2 Å². The molecule has 0 aliphatic carbocycles. The molecule has 2 atom stereocenters. The molecule has 2 aliphatic heterocycles. The molecular weight excluding hydrogens is 601 g/mol. The van der Waals surface area contributed by atoms with Crippen LogP contribution in [-0.4, -0.2) is 36.6 Å². The second kappa shape index (κ2) is 30.4. The molecule has 0 saturated carbocycles. The lowest BCUT2D eigenvalue weighted by Crippen LogP contribution is -2.51. The lowest BCUT2D eigenvalue weighted by atomic mass is 9.81. The fraction of sp³-hybridized carbons (Fsp3) is 1.00. The molecule has 2 aliphatic rings. The first kappa shape index (κ1) is 45.0. The first-order valence-corrected chi connectivity index (χ1v) is 23.1. The minimum Gasteiger partial charge on any atom is -0.370 e. The van der Waals surface area contributed by atoms with E-state index in [4.69, 9.17) is 14.2 Å². The Morgan fingerprint density at radius 2 is 0.510 bits per heavy atom. The lowest BCUT2D eigenvalue weighted by Gasteiger charge is -2.44. The summed E-state index contributed by atoms with van der Waals surface area (Å²) in [6.07, 6.45) is 49.4. The van der Waals surface area contributed by atoms with E-state index >= 15 is 0 Å². The van der Waals surface area contributed by atoms with Gasteiger partial charge in [-0.25, -0.2) is 0 Å². The second-order valence-corrected chi connectivity index (χ2v) is 16.8. The van der Waals surface area contributed by atoms with Crippen LogP contribution in [0.3, 0.4) is 0 Å². The Morgan fingerprint density at radius 1 is 0.327 bits per heavy atom. The van der Waals surface area contributed by atoms with E-state index in [0.29, 0.717) is 12.2 Å². The number of unbranched alkanes of at least 4 members (excludes halogenated alkanes) is 28. The fourth-order valence-corrected chi connectivity index (χ4v) is 8.57. The quantitative estimate of drug-likeness (QED) is 0.0474. The zero-order valence-corrected chi connectivity index (χ0v) is 34.2. The van der Waals surface area contributed by atoms with E-state index in [2.05, 4.69) is 27.7 Å². The molecule has 0 spiro atoms. The first-order chi connectivity index (χ1) is 24.2. The molecule has 292 valence electrons. The van der Waals surface area contributed by atoms with Crippen molar-refractivity contribution in [2.75, 3.05) is 13.2 Å². The van der Waals surface area contributed by atoms with Crippen LogP contribution in [0.25, 0.3) is 0 Å². The van der Waals surface area contributed by atoms with Crippen molar-refractivity contribution >= 4 is 0 Å². The zero-order chi connectivity index (χ0) is 35.1. The van der Waals surface area contributed by atoms with E-state index in [1.54, 1.807) is 0 Å². The molecule has 2 heterocycles. The van der Waals surface area contributed by atoms with Gasteiger partial charge in [-0.1, -0.05) is 233 Å². The highest BCUT2D eigenvalue weighted by atomic mass is 16.6. The summed E-state index contributed by atoms with van der Waals surface area (Å²) in [5, 5.41) is 0. The van der Waals surface area contributed by atoms with Crippen molar-refractivity contribution in [2.24, 2.45) is 0 Å².